The van der Waals surface area contributed by atoms with Crippen LogP contribution in [0.3, 0.4) is 0 Å². The molecular formula is C14H24Cl2N4O2S. The third kappa shape index (κ3) is 7.03. The summed E-state index contributed by atoms with van der Waals surface area (Å²) in [5.74, 6) is 0.0975. The molecule has 6 nitrogen and oxygen atoms in total. The Balaban J connectivity index is 0.00000242. The van der Waals surface area contributed by atoms with Crippen LogP contribution in [-0.2, 0) is 16.0 Å². The van der Waals surface area contributed by atoms with Gasteiger partial charge in [-0.15, -0.1) is 36.2 Å². The summed E-state index contributed by atoms with van der Waals surface area (Å²) in [7, 11) is 0. The van der Waals surface area contributed by atoms with Gasteiger partial charge in [0.15, 0.2) is 5.13 Å². The smallest absolute Gasteiger partial charge is 0.228 e. The van der Waals surface area contributed by atoms with Crippen LogP contribution in [-0.4, -0.2) is 43.0 Å². The second-order valence-corrected chi connectivity index (χ2v) is 5.88. The zero-order valence-corrected chi connectivity index (χ0v) is 15.6. The van der Waals surface area contributed by atoms with E-state index in [1.165, 1.54) is 11.3 Å². The van der Waals surface area contributed by atoms with Crippen LogP contribution in [0.4, 0.5) is 5.13 Å². The first-order valence-electron chi connectivity index (χ1n) is 7.43. The molecule has 0 atom stereocenters. The first kappa shape index (κ1) is 22.1. The topological polar surface area (TPSA) is 74.3 Å². The van der Waals surface area contributed by atoms with Crippen LogP contribution in [0.25, 0.3) is 0 Å². The van der Waals surface area contributed by atoms with E-state index in [9.17, 15) is 9.59 Å². The molecule has 0 unspecified atom stereocenters. The fourth-order valence-electron chi connectivity index (χ4n) is 2.17. The maximum absolute atomic E-state index is 11.8. The van der Waals surface area contributed by atoms with Crippen molar-refractivity contribution in [2.75, 3.05) is 31.1 Å². The van der Waals surface area contributed by atoms with Crippen molar-refractivity contribution < 1.29 is 9.59 Å². The summed E-state index contributed by atoms with van der Waals surface area (Å²) in [6.07, 6.45) is 2.84. The van der Waals surface area contributed by atoms with Gasteiger partial charge in [0, 0.05) is 31.4 Å². The highest BCUT2D eigenvalue weighted by atomic mass is 35.5. The third-order valence-electron chi connectivity index (χ3n) is 3.24. The van der Waals surface area contributed by atoms with Gasteiger partial charge in [-0.05, 0) is 19.4 Å². The summed E-state index contributed by atoms with van der Waals surface area (Å²) in [6, 6.07) is 0. The van der Waals surface area contributed by atoms with Crippen LogP contribution in [0, 0.1) is 0 Å². The van der Waals surface area contributed by atoms with Crippen LogP contribution in [0.5, 0.6) is 0 Å². The number of aromatic nitrogens is 1. The van der Waals surface area contributed by atoms with Gasteiger partial charge < -0.3 is 10.6 Å². The number of thiazole rings is 1. The summed E-state index contributed by atoms with van der Waals surface area (Å²) in [4.78, 5) is 29.5. The van der Waals surface area contributed by atoms with E-state index in [4.69, 9.17) is 0 Å². The van der Waals surface area contributed by atoms with Crippen molar-refractivity contribution in [3.05, 3.63) is 11.1 Å². The SMILES string of the molecule is CCCNCCNC(=O)Cc1csc(N2CCCC2=O)n1.Cl.Cl. The molecule has 1 fully saturated rings. The molecule has 1 aromatic rings. The number of amides is 2. The number of nitrogens with one attached hydrogen (secondary N) is 2. The zero-order valence-electron chi connectivity index (χ0n) is 13.2. The standard InChI is InChI=1S/C14H22N4O2S.2ClH/c1-2-5-15-6-7-16-12(19)9-11-10-21-14(17-11)18-8-3-4-13(18)20;;/h10,15H,2-9H2,1H3,(H,16,19);2*1H. The van der Waals surface area contributed by atoms with Gasteiger partial charge in [0.05, 0.1) is 12.1 Å². The van der Waals surface area contributed by atoms with Crippen molar-refractivity contribution >= 4 is 53.1 Å². The zero-order chi connectivity index (χ0) is 15.1. The first-order valence-corrected chi connectivity index (χ1v) is 8.31. The lowest BCUT2D eigenvalue weighted by atomic mass is 10.3. The normalized spacial score (nSPS) is 13.4. The molecule has 0 bridgehead atoms. The van der Waals surface area contributed by atoms with Crippen molar-refractivity contribution in [1.82, 2.24) is 15.6 Å². The number of halogens is 2. The number of carbonyl (C=O) groups excluding carboxylic acids is 2. The van der Waals surface area contributed by atoms with E-state index in [1.807, 2.05) is 5.38 Å². The Morgan fingerprint density at radius 3 is 2.78 bits per heavy atom. The predicted octanol–water partition coefficient (Wildman–Crippen LogP) is 1.77. The highest BCUT2D eigenvalue weighted by Gasteiger charge is 2.24. The number of hydrogen-bond acceptors (Lipinski definition) is 5. The summed E-state index contributed by atoms with van der Waals surface area (Å²) < 4.78 is 0. The molecular weight excluding hydrogens is 359 g/mol. The quantitative estimate of drug-likeness (QED) is 0.671. The molecule has 1 saturated heterocycles. The molecule has 0 spiro atoms. The van der Waals surface area contributed by atoms with E-state index in [2.05, 4.69) is 22.5 Å². The molecule has 2 heterocycles. The molecule has 0 saturated carbocycles. The molecule has 1 aliphatic rings. The minimum Gasteiger partial charge on any atom is -0.354 e. The van der Waals surface area contributed by atoms with Crippen LogP contribution in [0.1, 0.15) is 31.9 Å². The summed E-state index contributed by atoms with van der Waals surface area (Å²) >= 11 is 1.43. The minimum absolute atomic E-state index is 0. The molecule has 0 aliphatic carbocycles. The van der Waals surface area contributed by atoms with E-state index in [1.54, 1.807) is 4.90 Å². The molecule has 2 rings (SSSR count). The molecule has 2 N–H and O–H groups in total. The Hall–Kier alpha value is -0.890. The largest absolute Gasteiger partial charge is 0.354 e. The van der Waals surface area contributed by atoms with Crippen molar-refractivity contribution in [2.45, 2.75) is 32.6 Å². The number of hydrogen-bond donors (Lipinski definition) is 2. The summed E-state index contributed by atoms with van der Waals surface area (Å²) in [5, 5.41) is 8.66. The second kappa shape index (κ2) is 11.6. The van der Waals surface area contributed by atoms with Crippen molar-refractivity contribution in [1.29, 1.82) is 0 Å². The van der Waals surface area contributed by atoms with E-state index >= 15 is 0 Å². The number of rotatable bonds is 8. The molecule has 1 aliphatic heterocycles. The van der Waals surface area contributed by atoms with Gasteiger partial charge in [-0.1, -0.05) is 6.92 Å². The molecule has 2 amide bonds. The Kier molecular flexibility index (Phi) is 11.2. The van der Waals surface area contributed by atoms with Crippen molar-refractivity contribution in [3.8, 4) is 0 Å². The van der Waals surface area contributed by atoms with E-state index in [0.29, 0.717) is 18.1 Å². The number of nitrogens with zero attached hydrogens (tertiary/aromatic N) is 2. The lowest BCUT2D eigenvalue weighted by Gasteiger charge is -2.10. The van der Waals surface area contributed by atoms with Gasteiger partial charge in [0.25, 0.3) is 0 Å². The number of carbonyl (C=O) groups is 2. The maximum Gasteiger partial charge on any atom is 0.228 e. The minimum atomic E-state index is -0.0297. The van der Waals surface area contributed by atoms with Gasteiger partial charge in [-0.2, -0.15) is 0 Å². The average molecular weight is 383 g/mol. The van der Waals surface area contributed by atoms with E-state index in [0.717, 1.165) is 38.2 Å². The molecule has 0 aromatic carbocycles. The lowest BCUT2D eigenvalue weighted by molar-refractivity contribution is -0.120. The second-order valence-electron chi connectivity index (χ2n) is 5.05. The fourth-order valence-corrected chi connectivity index (χ4v) is 3.04. The van der Waals surface area contributed by atoms with Crippen molar-refractivity contribution in [2.24, 2.45) is 0 Å². The van der Waals surface area contributed by atoms with Crippen LogP contribution >= 0.6 is 36.2 Å². The van der Waals surface area contributed by atoms with Crippen LogP contribution < -0.4 is 15.5 Å². The van der Waals surface area contributed by atoms with Crippen molar-refractivity contribution in [3.63, 3.8) is 0 Å². The first-order chi connectivity index (χ1) is 10.2. The summed E-state index contributed by atoms with van der Waals surface area (Å²) in [6.45, 7) is 5.22. The monoisotopic (exact) mass is 382 g/mol. The Morgan fingerprint density at radius 1 is 1.35 bits per heavy atom. The Labute approximate surface area is 153 Å². The van der Waals surface area contributed by atoms with Gasteiger partial charge in [-0.3, -0.25) is 14.5 Å². The highest BCUT2D eigenvalue weighted by molar-refractivity contribution is 7.14. The average Bonchev–Trinajstić information content (AvgIpc) is 3.07. The van der Waals surface area contributed by atoms with Crippen LogP contribution in [0.15, 0.2) is 5.38 Å². The van der Waals surface area contributed by atoms with Gasteiger partial charge in [-0.25, -0.2) is 4.98 Å². The number of anilines is 1. The lowest BCUT2D eigenvalue weighted by Crippen LogP contribution is -2.33. The fraction of sp³-hybridized carbons (Fsp3) is 0.643. The summed E-state index contributed by atoms with van der Waals surface area (Å²) in [5.41, 5.74) is 0.730. The molecule has 1 aromatic heterocycles. The van der Waals surface area contributed by atoms with Crippen LogP contribution in [0.2, 0.25) is 0 Å². The van der Waals surface area contributed by atoms with Gasteiger partial charge in [0.1, 0.15) is 0 Å². The van der Waals surface area contributed by atoms with E-state index in [-0.39, 0.29) is 43.0 Å². The molecule has 23 heavy (non-hydrogen) atoms. The van der Waals surface area contributed by atoms with E-state index < -0.39 is 0 Å². The van der Waals surface area contributed by atoms with Gasteiger partial charge >= 0.3 is 0 Å². The molecule has 132 valence electrons. The molecule has 0 radical (unpaired) electrons. The third-order valence-corrected chi connectivity index (χ3v) is 4.15. The Morgan fingerprint density at radius 2 is 2.13 bits per heavy atom. The Bertz CT molecular complexity index is 499. The predicted molar refractivity (Wildman–Crippen MR) is 98.1 cm³/mol. The molecule has 9 heteroatoms. The van der Waals surface area contributed by atoms with Gasteiger partial charge in [0.2, 0.25) is 11.8 Å². The maximum atomic E-state index is 11.8. The highest BCUT2D eigenvalue weighted by Crippen LogP contribution is 2.25.